The van der Waals surface area contributed by atoms with Gasteiger partial charge in [-0.3, -0.25) is 4.79 Å². The van der Waals surface area contributed by atoms with Crippen LogP contribution in [0, 0.1) is 12.3 Å². The van der Waals surface area contributed by atoms with Gasteiger partial charge in [0.15, 0.2) is 0 Å². The van der Waals surface area contributed by atoms with Gasteiger partial charge >= 0.3 is 0 Å². The maximum Gasteiger partial charge on any atom is 0.296 e. The van der Waals surface area contributed by atoms with Gasteiger partial charge in [-0.25, -0.2) is 0 Å². The molecule has 0 aliphatic rings. The number of aliphatic hydroxyl groups excluding tert-OH is 1. The summed E-state index contributed by atoms with van der Waals surface area (Å²) in [4.78, 5) is 10.9. The highest BCUT2D eigenvalue weighted by molar-refractivity contribution is 5.93. The molecule has 0 unspecified atom stereocenters. The molecule has 3 nitrogen and oxygen atoms in total. The van der Waals surface area contributed by atoms with Crippen LogP contribution in [0.5, 0.6) is 0 Å². The van der Waals surface area contributed by atoms with Gasteiger partial charge in [-0.2, -0.15) is 0 Å². The molecule has 0 aliphatic carbocycles. The van der Waals surface area contributed by atoms with E-state index in [0.717, 1.165) is 5.56 Å². The lowest BCUT2D eigenvalue weighted by molar-refractivity contribution is -0.116. The fraction of sp³-hybridized carbons (Fsp3) is 0.182. The summed E-state index contributed by atoms with van der Waals surface area (Å²) in [6.07, 6.45) is 4.91. The summed E-state index contributed by atoms with van der Waals surface area (Å²) in [5, 5.41) is 11.5. The summed E-state index contributed by atoms with van der Waals surface area (Å²) in [5.41, 5.74) is 0.832. The van der Waals surface area contributed by atoms with Crippen LogP contribution in [0.1, 0.15) is 11.6 Å². The van der Waals surface area contributed by atoms with Crippen LogP contribution in [0.2, 0.25) is 0 Å². The summed E-state index contributed by atoms with van der Waals surface area (Å²) in [5.74, 6) is 1.42. The van der Waals surface area contributed by atoms with Gasteiger partial charge in [-0.05, 0) is 11.5 Å². The van der Waals surface area contributed by atoms with E-state index >= 15 is 0 Å². The molecule has 1 atom stereocenters. The van der Waals surface area contributed by atoms with Crippen LogP contribution >= 0.6 is 0 Å². The minimum Gasteiger partial charge on any atom is -0.394 e. The quantitative estimate of drug-likeness (QED) is 0.679. The molecule has 0 aliphatic heterocycles. The van der Waals surface area contributed by atoms with Gasteiger partial charge in [0.1, 0.15) is 0 Å². The maximum absolute atomic E-state index is 10.9. The van der Waals surface area contributed by atoms with Crippen molar-refractivity contribution in [1.29, 1.82) is 0 Å². The Labute approximate surface area is 82.8 Å². The lowest BCUT2D eigenvalue weighted by Crippen LogP contribution is -2.29. The van der Waals surface area contributed by atoms with Crippen molar-refractivity contribution in [2.75, 3.05) is 6.61 Å². The topological polar surface area (TPSA) is 49.3 Å². The SMILES string of the molecule is C#CC(=O)N[C@@H](CO)c1ccccc1. The normalized spacial score (nSPS) is 11.4. The van der Waals surface area contributed by atoms with Gasteiger partial charge in [-0.1, -0.05) is 30.3 Å². The summed E-state index contributed by atoms with van der Waals surface area (Å²) in [6, 6.07) is 8.73. The van der Waals surface area contributed by atoms with E-state index in [1.165, 1.54) is 0 Å². The molecule has 0 fully saturated rings. The van der Waals surface area contributed by atoms with E-state index in [0.29, 0.717) is 0 Å². The zero-order chi connectivity index (χ0) is 10.4. The zero-order valence-electron chi connectivity index (χ0n) is 7.60. The second kappa shape index (κ2) is 5.05. The number of hydrogen-bond donors (Lipinski definition) is 2. The van der Waals surface area contributed by atoms with Crippen LogP contribution in [-0.4, -0.2) is 17.6 Å². The predicted molar refractivity (Wildman–Crippen MR) is 53.2 cm³/mol. The highest BCUT2D eigenvalue weighted by Crippen LogP contribution is 2.10. The summed E-state index contributed by atoms with van der Waals surface area (Å²) < 4.78 is 0. The van der Waals surface area contributed by atoms with Crippen LogP contribution < -0.4 is 5.32 Å². The van der Waals surface area contributed by atoms with Crippen LogP contribution in [-0.2, 0) is 4.79 Å². The minimum atomic E-state index is -0.520. The van der Waals surface area contributed by atoms with Crippen molar-refractivity contribution < 1.29 is 9.90 Å². The first-order valence-electron chi connectivity index (χ1n) is 4.21. The molecular formula is C11H11NO2. The molecule has 0 aromatic heterocycles. The van der Waals surface area contributed by atoms with E-state index in [1.807, 2.05) is 36.3 Å². The molecule has 0 radical (unpaired) electrons. The number of carbonyl (C=O) groups is 1. The van der Waals surface area contributed by atoms with Crippen LogP contribution in [0.25, 0.3) is 0 Å². The van der Waals surface area contributed by atoms with E-state index in [9.17, 15) is 4.79 Å². The van der Waals surface area contributed by atoms with Crippen molar-refractivity contribution in [3.8, 4) is 12.3 Å². The van der Waals surface area contributed by atoms with Crippen LogP contribution in [0.3, 0.4) is 0 Å². The molecule has 0 saturated heterocycles. The first-order chi connectivity index (χ1) is 6.77. The third-order valence-corrected chi connectivity index (χ3v) is 1.82. The number of amides is 1. The second-order valence-corrected chi connectivity index (χ2v) is 2.76. The zero-order valence-corrected chi connectivity index (χ0v) is 7.60. The average molecular weight is 189 g/mol. The first kappa shape index (κ1) is 10.3. The highest BCUT2D eigenvalue weighted by atomic mass is 16.3. The highest BCUT2D eigenvalue weighted by Gasteiger charge is 2.10. The molecule has 1 amide bonds. The van der Waals surface area contributed by atoms with Crippen molar-refractivity contribution in [2.24, 2.45) is 0 Å². The van der Waals surface area contributed by atoms with E-state index < -0.39 is 11.9 Å². The lowest BCUT2D eigenvalue weighted by Gasteiger charge is -2.14. The molecular weight excluding hydrogens is 178 g/mol. The molecule has 14 heavy (non-hydrogen) atoms. The molecule has 0 spiro atoms. The van der Waals surface area contributed by atoms with Gasteiger partial charge < -0.3 is 10.4 Å². The van der Waals surface area contributed by atoms with E-state index in [-0.39, 0.29) is 6.61 Å². The van der Waals surface area contributed by atoms with E-state index in [4.69, 9.17) is 11.5 Å². The number of benzene rings is 1. The largest absolute Gasteiger partial charge is 0.394 e. The second-order valence-electron chi connectivity index (χ2n) is 2.76. The summed E-state index contributed by atoms with van der Waals surface area (Å²) in [6.45, 7) is -0.169. The van der Waals surface area contributed by atoms with Gasteiger partial charge in [-0.15, -0.1) is 6.42 Å². The molecule has 1 aromatic carbocycles. The first-order valence-corrected chi connectivity index (χ1v) is 4.21. The van der Waals surface area contributed by atoms with Crippen molar-refractivity contribution in [2.45, 2.75) is 6.04 Å². The Kier molecular flexibility index (Phi) is 3.71. The fourth-order valence-corrected chi connectivity index (χ4v) is 1.12. The minimum absolute atomic E-state index is 0.169. The maximum atomic E-state index is 10.9. The molecule has 0 bridgehead atoms. The number of nitrogens with one attached hydrogen (secondary N) is 1. The van der Waals surface area contributed by atoms with Crippen LogP contribution in [0.15, 0.2) is 30.3 Å². The molecule has 1 aromatic rings. The van der Waals surface area contributed by atoms with Crippen molar-refractivity contribution in [3.05, 3.63) is 35.9 Å². The molecule has 2 N–H and O–H groups in total. The Balaban J connectivity index is 2.74. The van der Waals surface area contributed by atoms with Gasteiger partial charge in [0.2, 0.25) is 0 Å². The number of carbonyl (C=O) groups excluding carboxylic acids is 1. The Bertz CT molecular complexity index is 340. The van der Waals surface area contributed by atoms with Gasteiger partial charge in [0.05, 0.1) is 12.6 Å². The number of terminal acetylenes is 1. The predicted octanol–water partition coefficient (Wildman–Crippen LogP) is 0.469. The van der Waals surface area contributed by atoms with Crippen molar-refractivity contribution in [3.63, 3.8) is 0 Å². The monoisotopic (exact) mass is 189 g/mol. The van der Waals surface area contributed by atoms with E-state index in [1.54, 1.807) is 0 Å². The van der Waals surface area contributed by atoms with Crippen molar-refractivity contribution in [1.82, 2.24) is 5.32 Å². The van der Waals surface area contributed by atoms with Crippen molar-refractivity contribution >= 4 is 5.91 Å². The molecule has 3 heteroatoms. The Morgan fingerprint density at radius 1 is 1.50 bits per heavy atom. The summed E-state index contributed by atoms with van der Waals surface area (Å²) >= 11 is 0. The fourth-order valence-electron chi connectivity index (χ4n) is 1.12. The third-order valence-electron chi connectivity index (χ3n) is 1.82. The smallest absolute Gasteiger partial charge is 0.296 e. The van der Waals surface area contributed by atoms with Crippen LogP contribution in [0.4, 0.5) is 0 Å². The Hall–Kier alpha value is -1.79. The molecule has 0 heterocycles. The van der Waals surface area contributed by atoms with Gasteiger partial charge in [0.25, 0.3) is 5.91 Å². The number of rotatable bonds is 3. The number of aliphatic hydroxyl groups is 1. The standard InChI is InChI=1S/C11H11NO2/c1-2-11(14)12-10(8-13)9-6-4-3-5-7-9/h1,3-7,10,13H,8H2,(H,12,14)/t10-/m0/s1. The Morgan fingerprint density at radius 2 is 2.14 bits per heavy atom. The molecule has 1 rings (SSSR count). The third kappa shape index (κ3) is 2.61. The molecule has 0 saturated carbocycles. The van der Waals surface area contributed by atoms with Gasteiger partial charge in [0, 0.05) is 0 Å². The molecule has 72 valence electrons. The Morgan fingerprint density at radius 3 is 2.64 bits per heavy atom. The number of hydrogen-bond acceptors (Lipinski definition) is 2. The lowest BCUT2D eigenvalue weighted by atomic mass is 10.1. The van der Waals surface area contributed by atoms with E-state index in [2.05, 4.69) is 5.32 Å². The summed E-state index contributed by atoms with van der Waals surface area (Å²) in [7, 11) is 0. The average Bonchev–Trinajstić information content (AvgIpc) is 2.26.